The number of hydrogen-bond donors (Lipinski definition) is 1. The molecule has 1 aliphatic rings. The minimum Gasteiger partial charge on any atom is -0.489 e. The van der Waals surface area contributed by atoms with E-state index in [-0.39, 0.29) is 0 Å². The molecule has 0 saturated carbocycles. The van der Waals surface area contributed by atoms with E-state index in [4.69, 9.17) is 9.47 Å². The van der Waals surface area contributed by atoms with Gasteiger partial charge in [0.2, 0.25) is 0 Å². The number of nitrogens with zero attached hydrogens (tertiary/aromatic N) is 1. The van der Waals surface area contributed by atoms with Gasteiger partial charge in [0, 0.05) is 31.7 Å². The maximum Gasteiger partial charge on any atom is 0.137 e. The third kappa shape index (κ3) is 2.93. The molecule has 1 aromatic rings. The van der Waals surface area contributed by atoms with Crippen LogP contribution in [0.4, 0.5) is 0 Å². The molecule has 0 aliphatic carbocycles. The summed E-state index contributed by atoms with van der Waals surface area (Å²) in [4.78, 5) is 4.13. The zero-order valence-corrected chi connectivity index (χ0v) is 9.48. The Hall–Kier alpha value is -1.13. The van der Waals surface area contributed by atoms with E-state index in [0.717, 1.165) is 5.69 Å². The molecule has 1 aromatic heterocycles. The Balaban J connectivity index is 1.88. The molecular weight excluding hydrogens is 206 g/mol. The molecule has 0 unspecified atom stereocenters. The van der Waals surface area contributed by atoms with Gasteiger partial charge in [-0.1, -0.05) is 0 Å². The Kier molecular flexibility index (Phi) is 3.41. The fraction of sp³-hybridized carbons (Fsp3) is 0.583. The van der Waals surface area contributed by atoms with Crippen molar-refractivity contribution in [1.29, 1.82) is 0 Å². The molecule has 2 rings (SSSR count). The number of aryl methyl sites for hydroxylation is 1. The lowest BCUT2D eigenvalue weighted by Crippen LogP contribution is -2.41. The van der Waals surface area contributed by atoms with Crippen LogP contribution in [0.3, 0.4) is 0 Å². The van der Waals surface area contributed by atoms with Crippen LogP contribution in [0.5, 0.6) is 5.75 Å². The van der Waals surface area contributed by atoms with E-state index in [1.54, 1.807) is 6.20 Å². The first-order valence-electron chi connectivity index (χ1n) is 5.54. The second-order valence-corrected chi connectivity index (χ2v) is 4.26. The van der Waals surface area contributed by atoms with Crippen LogP contribution in [-0.2, 0) is 4.74 Å². The highest BCUT2D eigenvalue weighted by atomic mass is 16.5. The zero-order chi connectivity index (χ0) is 11.4. The highest BCUT2D eigenvalue weighted by Gasteiger charge is 2.30. The third-order valence-corrected chi connectivity index (χ3v) is 2.82. The highest BCUT2D eigenvalue weighted by molar-refractivity contribution is 5.19. The van der Waals surface area contributed by atoms with E-state index in [0.29, 0.717) is 38.4 Å². The van der Waals surface area contributed by atoms with Crippen LogP contribution in [0.2, 0.25) is 0 Å². The summed E-state index contributed by atoms with van der Waals surface area (Å²) in [6, 6.07) is 3.76. The summed E-state index contributed by atoms with van der Waals surface area (Å²) in [7, 11) is 0. The molecule has 88 valence electrons. The fourth-order valence-electron chi connectivity index (χ4n) is 1.65. The van der Waals surface area contributed by atoms with Crippen molar-refractivity contribution in [3.05, 3.63) is 24.0 Å². The molecule has 0 spiro atoms. The van der Waals surface area contributed by atoms with Gasteiger partial charge in [-0.2, -0.15) is 0 Å². The van der Waals surface area contributed by atoms with E-state index >= 15 is 0 Å². The summed E-state index contributed by atoms with van der Waals surface area (Å²) in [6.07, 6.45) is 2.94. The van der Waals surface area contributed by atoms with Crippen molar-refractivity contribution in [1.82, 2.24) is 4.98 Å². The Morgan fingerprint density at radius 2 is 2.19 bits per heavy atom. The lowest BCUT2D eigenvalue weighted by Gasteiger charge is -2.31. The normalized spacial score (nSPS) is 19.4. The molecule has 0 radical (unpaired) electrons. The molecule has 1 aliphatic heterocycles. The summed E-state index contributed by atoms with van der Waals surface area (Å²) in [5.41, 5.74) is 0.209. The standard InChI is InChI=1S/C12H17NO3/c1-10-2-3-11(8-13-10)16-9-12(14)4-6-15-7-5-12/h2-3,8,14H,4-7,9H2,1H3. The molecule has 1 N–H and O–H groups in total. The lowest BCUT2D eigenvalue weighted by atomic mass is 9.96. The predicted molar refractivity (Wildman–Crippen MR) is 59.5 cm³/mol. The molecule has 1 saturated heterocycles. The summed E-state index contributed by atoms with van der Waals surface area (Å²) < 4.78 is 10.7. The Labute approximate surface area is 95.2 Å². The van der Waals surface area contributed by atoms with Crippen LogP contribution < -0.4 is 4.74 Å². The number of aromatic nitrogens is 1. The van der Waals surface area contributed by atoms with E-state index in [2.05, 4.69) is 4.98 Å². The molecular formula is C12H17NO3. The van der Waals surface area contributed by atoms with E-state index < -0.39 is 5.60 Å². The number of pyridine rings is 1. The minimum atomic E-state index is -0.747. The largest absolute Gasteiger partial charge is 0.489 e. The molecule has 1 fully saturated rings. The van der Waals surface area contributed by atoms with Gasteiger partial charge in [-0.25, -0.2) is 0 Å². The van der Waals surface area contributed by atoms with Gasteiger partial charge in [-0.15, -0.1) is 0 Å². The second-order valence-electron chi connectivity index (χ2n) is 4.26. The number of ether oxygens (including phenoxy) is 2. The van der Waals surface area contributed by atoms with Crippen LogP contribution in [-0.4, -0.2) is 35.5 Å². The van der Waals surface area contributed by atoms with Crippen LogP contribution in [0.15, 0.2) is 18.3 Å². The van der Waals surface area contributed by atoms with Crippen molar-refractivity contribution >= 4 is 0 Å². The summed E-state index contributed by atoms with van der Waals surface area (Å²) in [6.45, 7) is 3.44. The predicted octanol–water partition coefficient (Wildman–Crippen LogP) is 1.31. The van der Waals surface area contributed by atoms with Crippen molar-refractivity contribution in [2.24, 2.45) is 0 Å². The van der Waals surface area contributed by atoms with Crippen molar-refractivity contribution in [3.63, 3.8) is 0 Å². The minimum absolute atomic E-state index is 0.307. The Morgan fingerprint density at radius 3 is 2.81 bits per heavy atom. The van der Waals surface area contributed by atoms with E-state index in [9.17, 15) is 5.11 Å². The van der Waals surface area contributed by atoms with Gasteiger partial charge >= 0.3 is 0 Å². The molecule has 0 aromatic carbocycles. The van der Waals surface area contributed by atoms with Crippen LogP contribution in [0.1, 0.15) is 18.5 Å². The van der Waals surface area contributed by atoms with Gasteiger partial charge in [0.1, 0.15) is 18.0 Å². The van der Waals surface area contributed by atoms with Gasteiger partial charge < -0.3 is 14.6 Å². The summed E-state index contributed by atoms with van der Waals surface area (Å²) >= 11 is 0. The molecule has 0 atom stereocenters. The van der Waals surface area contributed by atoms with E-state index in [1.165, 1.54) is 0 Å². The average Bonchev–Trinajstić information content (AvgIpc) is 2.29. The summed E-state index contributed by atoms with van der Waals surface area (Å²) in [5.74, 6) is 0.700. The molecule has 4 heteroatoms. The smallest absolute Gasteiger partial charge is 0.137 e. The average molecular weight is 223 g/mol. The number of rotatable bonds is 3. The van der Waals surface area contributed by atoms with Crippen molar-refractivity contribution < 1.29 is 14.6 Å². The maximum absolute atomic E-state index is 10.2. The highest BCUT2D eigenvalue weighted by Crippen LogP contribution is 2.21. The molecule has 4 nitrogen and oxygen atoms in total. The quantitative estimate of drug-likeness (QED) is 0.839. The number of aliphatic hydroxyl groups is 1. The van der Waals surface area contributed by atoms with Crippen LogP contribution in [0, 0.1) is 6.92 Å². The van der Waals surface area contributed by atoms with Gasteiger partial charge in [0.25, 0.3) is 0 Å². The topological polar surface area (TPSA) is 51.6 Å². The Bertz CT molecular complexity index is 331. The molecule has 2 heterocycles. The third-order valence-electron chi connectivity index (χ3n) is 2.82. The molecule has 0 bridgehead atoms. The molecule has 16 heavy (non-hydrogen) atoms. The molecule has 0 amide bonds. The van der Waals surface area contributed by atoms with Crippen molar-refractivity contribution in [2.45, 2.75) is 25.4 Å². The van der Waals surface area contributed by atoms with Gasteiger partial charge in [-0.05, 0) is 19.1 Å². The van der Waals surface area contributed by atoms with Crippen molar-refractivity contribution in [2.75, 3.05) is 19.8 Å². The number of hydrogen-bond acceptors (Lipinski definition) is 4. The monoisotopic (exact) mass is 223 g/mol. The van der Waals surface area contributed by atoms with Crippen molar-refractivity contribution in [3.8, 4) is 5.75 Å². The van der Waals surface area contributed by atoms with Crippen LogP contribution in [0.25, 0.3) is 0 Å². The van der Waals surface area contributed by atoms with E-state index in [1.807, 2.05) is 19.1 Å². The fourth-order valence-corrected chi connectivity index (χ4v) is 1.65. The zero-order valence-electron chi connectivity index (χ0n) is 9.48. The summed E-state index contributed by atoms with van der Waals surface area (Å²) in [5, 5.41) is 10.2. The Morgan fingerprint density at radius 1 is 1.44 bits per heavy atom. The first-order chi connectivity index (χ1) is 7.68. The van der Waals surface area contributed by atoms with Gasteiger partial charge in [0.05, 0.1) is 6.20 Å². The first-order valence-corrected chi connectivity index (χ1v) is 5.54. The second kappa shape index (κ2) is 4.80. The van der Waals surface area contributed by atoms with Gasteiger partial charge in [-0.3, -0.25) is 4.98 Å². The first kappa shape index (κ1) is 11.4. The maximum atomic E-state index is 10.2. The lowest BCUT2D eigenvalue weighted by molar-refractivity contribution is -0.0856. The SMILES string of the molecule is Cc1ccc(OCC2(O)CCOCC2)cn1. The van der Waals surface area contributed by atoms with Gasteiger partial charge in [0.15, 0.2) is 0 Å². The van der Waals surface area contributed by atoms with Crippen LogP contribution >= 0.6 is 0 Å².